The van der Waals surface area contributed by atoms with Gasteiger partial charge < -0.3 is 5.32 Å². The van der Waals surface area contributed by atoms with E-state index in [2.05, 4.69) is 99.7 Å². The van der Waals surface area contributed by atoms with Crippen LogP contribution >= 0.6 is 0 Å². The van der Waals surface area contributed by atoms with E-state index in [1.807, 2.05) is 0 Å². The first kappa shape index (κ1) is 20.4. The molecular weight excluding hydrogens is 364 g/mol. The second-order valence-electron chi connectivity index (χ2n) is 8.82. The number of anilines is 1. The Kier molecular flexibility index (Phi) is 6.03. The van der Waals surface area contributed by atoms with Crippen molar-refractivity contribution in [3.63, 3.8) is 0 Å². The van der Waals surface area contributed by atoms with E-state index in [1.165, 1.54) is 34.4 Å². The number of fused-ring (bicyclic) bond motifs is 1. The zero-order valence-corrected chi connectivity index (χ0v) is 18.6. The predicted molar refractivity (Wildman–Crippen MR) is 130 cm³/mol. The minimum absolute atomic E-state index is 0.421. The molecule has 0 saturated carbocycles. The summed E-state index contributed by atoms with van der Waals surface area (Å²) in [4.78, 5) is 5.38. The van der Waals surface area contributed by atoms with Crippen molar-refractivity contribution in [1.82, 2.24) is 0 Å². The van der Waals surface area contributed by atoms with Crippen LogP contribution in [-0.4, -0.2) is 12.3 Å². The summed E-state index contributed by atoms with van der Waals surface area (Å²) < 4.78 is 0. The maximum absolute atomic E-state index is 5.38. The number of hydrogen-bond donors (Lipinski definition) is 1. The number of benzene rings is 3. The van der Waals surface area contributed by atoms with Gasteiger partial charge in [-0.25, -0.2) is 4.99 Å². The van der Waals surface area contributed by atoms with E-state index in [0.717, 1.165) is 29.9 Å². The third-order valence-corrected chi connectivity index (χ3v) is 5.93. The van der Waals surface area contributed by atoms with Gasteiger partial charge in [-0.2, -0.15) is 0 Å². The first-order chi connectivity index (χ1) is 14.5. The predicted octanol–water partition coefficient (Wildman–Crippen LogP) is 7.46. The third kappa shape index (κ3) is 4.18. The van der Waals surface area contributed by atoms with Gasteiger partial charge in [-0.1, -0.05) is 88.4 Å². The Morgan fingerprint density at radius 1 is 0.800 bits per heavy atom. The van der Waals surface area contributed by atoms with E-state index in [-0.39, 0.29) is 0 Å². The second-order valence-corrected chi connectivity index (χ2v) is 8.82. The summed E-state index contributed by atoms with van der Waals surface area (Å²) in [7, 11) is 0. The number of aryl methyl sites for hydroxylation is 1. The molecule has 0 saturated heterocycles. The molecule has 0 spiro atoms. The molecule has 2 nitrogen and oxygen atoms in total. The standard InChI is InChI=1S/C28H32N2/c1-19(2)24-13-8-14-25(20(3)4)28(24)30-27(22-10-6-5-7-11-22)23-16-15-21-12-9-17-29-26(21)18-23/h5-8,10-11,13-16,18-20,29H,9,12,17H2,1-4H3. The SMILES string of the molecule is CC(C)c1cccc(C(C)C)c1N=C(c1ccccc1)c1ccc2c(c1)NCCC2. The molecule has 2 heteroatoms. The topological polar surface area (TPSA) is 24.4 Å². The number of aliphatic imine (C=N–C) groups is 1. The van der Waals surface area contributed by atoms with Crippen LogP contribution in [0.1, 0.15) is 73.8 Å². The highest BCUT2D eigenvalue weighted by atomic mass is 14.9. The van der Waals surface area contributed by atoms with E-state index in [4.69, 9.17) is 4.99 Å². The van der Waals surface area contributed by atoms with Crippen LogP contribution in [0.15, 0.2) is 71.7 Å². The molecule has 1 heterocycles. The van der Waals surface area contributed by atoms with Gasteiger partial charge in [-0.05, 0) is 47.4 Å². The lowest BCUT2D eigenvalue weighted by Gasteiger charge is -2.21. The maximum atomic E-state index is 5.38. The summed E-state index contributed by atoms with van der Waals surface area (Å²) in [6.45, 7) is 10.1. The van der Waals surface area contributed by atoms with Crippen molar-refractivity contribution in [2.45, 2.75) is 52.4 Å². The largest absolute Gasteiger partial charge is 0.385 e. The molecule has 0 atom stereocenters. The fourth-order valence-electron chi connectivity index (χ4n) is 4.25. The first-order valence-electron chi connectivity index (χ1n) is 11.2. The molecule has 30 heavy (non-hydrogen) atoms. The van der Waals surface area contributed by atoms with Crippen LogP contribution in [0.25, 0.3) is 0 Å². The molecular formula is C28H32N2. The van der Waals surface area contributed by atoms with Gasteiger partial charge in [0.05, 0.1) is 11.4 Å². The number of rotatable bonds is 5. The van der Waals surface area contributed by atoms with Gasteiger partial charge in [-0.15, -0.1) is 0 Å². The number of hydrogen-bond acceptors (Lipinski definition) is 2. The number of nitrogens with one attached hydrogen (secondary N) is 1. The lowest BCUT2D eigenvalue weighted by Crippen LogP contribution is -2.13. The molecule has 1 aliphatic heterocycles. The van der Waals surface area contributed by atoms with Gasteiger partial charge in [-0.3, -0.25) is 0 Å². The zero-order valence-electron chi connectivity index (χ0n) is 18.6. The van der Waals surface area contributed by atoms with Crippen molar-refractivity contribution in [2.24, 2.45) is 4.99 Å². The smallest absolute Gasteiger partial charge is 0.0782 e. The Bertz CT molecular complexity index is 1020. The molecule has 0 radical (unpaired) electrons. The average molecular weight is 397 g/mol. The third-order valence-electron chi connectivity index (χ3n) is 5.93. The van der Waals surface area contributed by atoms with Crippen LogP contribution in [-0.2, 0) is 6.42 Å². The molecule has 3 aromatic carbocycles. The summed E-state index contributed by atoms with van der Waals surface area (Å²) >= 11 is 0. The van der Waals surface area contributed by atoms with E-state index in [1.54, 1.807) is 0 Å². The Labute approximate surface area is 181 Å². The highest BCUT2D eigenvalue weighted by Gasteiger charge is 2.17. The molecule has 0 amide bonds. The molecule has 1 N–H and O–H groups in total. The van der Waals surface area contributed by atoms with Crippen LogP contribution in [0, 0.1) is 0 Å². The Hall–Kier alpha value is -2.87. The van der Waals surface area contributed by atoms with Crippen LogP contribution < -0.4 is 5.32 Å². The van der Waals surface area contributed by atoms with Crippen molar-refractivity contribution in [2.75, 3.05) is 11.9 Å². The monoisotopic (exact) mass is 396 g/mol. The van der Waals surface area contributed by atoms with Crippen LogP contribution in [0.4, 0.5) is 11.4 Å². The number of nitrogens with zero attached hydrogens (tertiary/aromatic N) is 1. The molecule has 0 bridgehead atoms. The van der Waals surface area contributed by atoms with Crippen LogP contribution in [0.3, 0.4) is 0 Å². The quantitative estimate of drug-likeness (QED) is 0.445. The van der Waals surface area contributed by atoms with Crippen LogP contribution in [0.2, 0.25) is 0 Å². The average Bonchev–Trinajstić information content (AvgIpc) is 2.77. The molecule has 3 aromatic rings. The summed E-state index contributed by atoms with van der Waals surface area (Å²) in [5.41, 5.74) is 9.78. The number of para-hydroxylation sites is 1. The van der Waals surface area contributed by atoms with Gasteiger partial charge in [0.2, 0.25) is 0 Å². The molecule has 4 rings (SSSR count). The molecule has 154 valence electrons. The van der Waals surface area contributed by atoms with Gasteiger partial charge in [0.15, 0.2) is 0 Å². The lowest BCUT2D eigenvalue weighted by atomic mass is 9.92. The van der Waals surface area contributed by atoms with E-state index >= 15 is 0 Å². The fourth-order valence-corrected chi connectivity index (χ4v) is 4.25. The normalized spacial score (nSPS) is 14.0. The van der Waals surface area contributed by atoms with Gasteiger partial charge in [0.1, 0.15) is 0 Å². The summed E-state index contributed by atoms with van der Waals surface area (Å²) in [5.74, 6) is 0.842. The second kappa shape index (κ2) is 8.87. The summed E-state index contributed by atoms with van der Waals surface area (Å²) in [6, 6.07) is 24.0. The molecule has 0 fully saturated rings. The van der Waals surface area contributed by atoms with Crippen molar-refractivity contribution in [1.29, 1.82) is 0 Å². The molecule has 0 aliphatic carbocycles. The molecule has 0 aromatic heterocycles. The van der Waals surface area contributed by atoms with Crippen LogP contribution in [0.5, 0.6) is 0 Å². The Balaban J connectivity index is 1.94. The minimum Gasteiger partial charge on any atom is -0.385 e. The van der Waals surface area contributed by atoms with E-state index in [9.17, 15) is 0 Å². The Morgan fingerprint density at radius 2 is 1.50 bits per heavy atom. The minimum atomic E-state index is 0.421. The Morgan fingerprint density at radius 3 is 2.17 bits per heavy atom. The van der Waals surface area contributed by atoms with Crippen molar-refractivity contribution < 1.29 is 0 Å². The molecule has 1 aliphatic rings. The maximum Gasteiger partial charge on any atom is 0.0782 e. The van der Waals surface area contributed by atoms with E-state index in [0.29, 0.717) is 11.8 Å². The van der Waals surface area contributed by atoms with Gasteiger partial charge in [0, 0.05) is 23.4 Å². The highest BCUT2D eigenvalue weighted by molar-refractivity contribution is 6.14. The molecule has 0 unspecified atom stereocenters. The van der Waals surface area contributed by atoms with Crippen molar-refractivity contribution in [3.05, 3.63) is 94.5 Å². The highest BCUT2D eigenvalue weighted by Crippen LogP contribution is 2.36. The summed E-state index contributed by atoms with van der Waals surface area (Å²) in [5, 5.41) is 3.58. The fraction of sp³-hybridized carbons (Fsp3) is 0.321. The van der Waals surface area contributed by atoms with Crippen molar-refractivity contribution >= 4 is 17.1 Å². The van der Waals surface area contributed by atoms with Crippen molar-refractivity contribution in [3.8, 4) is 0 Å². The summed E-state index contributed by atoms with van der Waals surface area (Å²) in [6.07, 6.45) is 2.35. The van der Waals surface area contributed by atoms with E-state index < -0.39 is 0 Å². The van der Waals surface area contributed by atoms with Gasteiger partial charge in [0.25, 0.3) is 0 Å². The van der Waals surface area contributed by atoms with Gasteiger partial charge >= 0.3 is 0 Å². The lowest BCUT2D eigenvalue weighted by molar-refractivity contribution is 0.830. The zero-order chi connectivity index (χ0) is 21.1. The first-order valence-corrected chi connectivity index (χ1v) is 11.2.